The maximum Gasteiger partial charge on any atom is 0.320 e. The average molecular weight is 296 g/mol. The molecule has 0 aliphatic carbocycles. The van der Waals surface area contributed by atoms with Crippen molar-refractivity contribution in [3.8, 4) is 0 Å². The van der Waals surface area contributed by atoms with Crippen molar-refractivity contribution in [3.63, 3.8) is 0 Å². The van der Waals surface area contributed by atoms with E-state index in [1.807, 2.05) is 20.8 Å². The molecule has 0 spiro atoms. The summed E-state index contributed by atoms with van der Waals surface area (Å²) in [4.78, 5) is 22.6. The van der Waals surface area contributed by atoms with Gasteiger partial charge in [-0.15, -0.1) is 12.4 Å². The van der Waals surface area contributed by atoms with Gasteiger partial charge >= 0.3 is 11.9 Å². The van der Waals surface area contributed by atoms with Crippen LogP contribution in [0.5, 0.6) is 0 Å². The number of hydrogen-bond acceptors (Lipinski definition) is 3. The molecule has 0 heterocycles. The third kappa shape index (κ3) is 5.37. The average Bonchev–Trinajstić information content (AvgIpc) is 2.07. The van der Waals surface area contributed by atoms with Crippen LogP contribution in [0.4, 0.5) is 0 Å². The molecule has 6 heteroatoms. The second kappa shape index (κ2) is 6.57. The molecule has 0 aromatic rings. The fourth-order valence-electron chi connectivity index (χ4n) is 2.46. The van der Waals surface area contributed by atoms with E-state index in [2.05, 4.69) is 0 Å². The van der Waals surface area contributed by atoms with Gasteiger partial charge in [0.1, 0.15) is 6.04 Å². The van der Waals surface area contributed by atoms with Crippen LogP contribution in [0, 0.1) is 22.7 Å². The fraction of sp³-hybridized carbons (Fsp3) is 0.846. The van der Waals surface area contributed by atoms with Crippen LogP contribution in [0.1, 0.15) is 41.5 Å². The lowest BCUT2D eigenvalue weighted by Gasteiger charge is -2.43. The van der Waals surface area contributed by atoms with Crippen molar-refractivity contribution in [1.82, 2.24) is 0 Å². The molecule has 114 valence electrons. The van der Waals surface area contributed by atoms with Gasteiger partial charge in [-0.1, -0.05) is 41.5 Å². The Morgan fingerprint density at radius 2 is 1.26 bits per heavy atom. The van der Waals surface area contributed by atoms with E-state index in [4.69, 9.17) is 10.8 Å². The normalized spacial score (nSPS) is 17.0. The maximum absolute atomic E-state index is 11.5. The highest BCUT2D eigenvalue weighted by Crippen LogP contribution is 2.43. The van der Waals surface area contributed by atoms with Crippen molar-refractivity contribution >= 4 is 24.3 Å². The first kappa shape index (κ1) is 20.5. The molecule has 0 aromatic carbocycles. The maximum atomic E-state index is 11.5. The van der Waals surface area contributed by atoms with E-state index in [0.717, 1.165) is 0 Å². The lowest BCUT2D eigenvalue weighted by molar-refractivity contribution is -0.155. The minimum atomic E-state index is -1.19. The van der Waals surface area contributed by atoms with Gasteiger partial charge in [0.25, 0.3) is 0 Å². The van der Waals surface area contributed by atoms with Crippen LogP contribution in [0.3, 0.4) is 0 Å². The van der Waals surface area contributed by atoms with E-state index in [1.54, 1.807) is 20.8 Å². The van der Waals surface area contributed by atoms with Gasteiger partial charge in [0.05, 0.1) is 5.92 Å². The fourth-order valence-corrected chi connectivity index (χ4v) is 2.46. The number of carbonyl (C=O) groups is 2. The highest BCUT2D eigenvalue weighted by Gasteiger charge is 2.48. The quantitative estimate of drug-likeness (QED) is 0.738. The summed E-state index contributed by atoms with van der Waals surface area (Å²) >= 11 is 0. The topological polar surface area (TPSA) is 101 Å². The third-order valence-corrected chi connectivity index (χ3v) is 3.23. The van der Waals surface area contributed by atoms with Gasteiger partial charge in [-0.3, -0.25) is 9.59 Å². The van der Waals surface area contributed by atoms with Crippen molar-refractivity contribution < 1.29 is 19.8 Å². The van der Waals surface area contributed by atoms with Crippen molar-refractivity contribution in [1.29, 1.82) is 0 Å². The molecular formula is C13H26ClNO4. The molecule has 5 nitrogen and oxygen atoms in total. The van der Waals surface area contributed by atoms with Crippen LogP contribution in [-0.4, -0.2) is 28.2 Å². The lowest BCUT2D eigenvalue weighted by atomic mass is 9.61. The molecule has 0 saturated heterocycles. The van der Waals surface area contributed by atoms with E-state index in [9.17, 15) is 14.7 Å². The summed E-state index contributed by atoms with van der Waals surface area (Å²) in [6.07, 6.45) is 0. The van der Waals surface area contributed by atoms with Gasteiger partial charge in [-0.25, -0.2) is 0 Å². The van der Waals surface area contributed by atoms with Gasteiger partial charge in [0.2, 0.25) is 0 Å². The first-order chi connectivity index (χ1) is 7.80. The van der Waals surface area contributed by atoms with E-state index in [0.29, 0.717) is 0 Å². The molecule has 0 amide bonds. The zero-order valence-electron chi connectivity index (χ0n) is 12.4. The molecule has 0 aliphatic heterocycles. The summed E-state index contributed by atoms with van der Waals surface area (Å²) < 4.78 is 0. The third-order valence-electron chi connectivity index (χ3n) is 3.23. The van der Waals surface area contributed by atoms with Crippen LogP contribution in [0.25, 0.3) is 0 Å². The standard InChI is InChI=1S/C13H25NO4.ClH/c1-12(2,3)7(9(14)11(17)18)8(10(15)16)13(4,5)6;/h7-9H,14H2,1-6H3,(H,15,16)(H,17,18);1H. The molecule has 19 heavy (non-hydrogen) atoms. The number of nitrogens with two attached hydrogens (primary N) is 1. The summed E-state index contributed by atoms with van der Waals surface area (Å²) in [6, 6.07) is -1.19. The molecular weight excluding hydrogens is 270 g/mol. The van der Waals surface area contributed by atoms with Crippen LogP contribution >= 0.6 is 12.4 Å². The Bertz CT molecular complexity index is 331. The Morgan fingerprint density at radius 1 is 0.895 bits per heavy atom. The molecule has 0 saturated carbocycles. The zero-order chi connectivity index (χ0) is 14.9. The van der Waals surface area contributed by atoms with Gasteiger partial charge in [0, 0.05) is 5.92 Å². The summed E-state index contributed by atoms with van der Waals surface area (Å²) in [6.45, 7) is 10.8. The number of aliphatic carboxylic acids is 2. The van der Waals surface area contributed by atoms with Gasteiger partial charge in [-0.2, -0.15) is 0 Å². The van der Waals surface area contributed by atoms with Crippen LogP contribution in [0.2, 0.25) is 0 Å². The van der Waals surface area contributed by atoms with Crippen molar-refractivity contribution in [3.05, 3.63) is 0 Å². The molecule has 3 atom stereocenters. The summed E-state index contributed by atoms with van der Waals surface area (Å²) in [5.41, 5.74) is 4.65. The predicted octanol–water partition coefficient (Wildman–Crippen LogP) is 2.23. The largest absolute Gasteiger partial charge is 0.481 e. The van der Waals surface area contributed by atoms with E-state index < -0.39 is 40.6 Å². The Balaban J connectivity index is 0. The Labute approximate surface area is 121 Å². The molecule has 0 aliphatic rings. The number of hydrogen-bond donors (Lipinski definition) is 3. The van der Waals surface area contributed by atoms with Crippen molar-refractivity contribution in [2.24, 2.45) is 28.4 Å². The summed E-state index contributed by atoms with van der Waals surface area (Å²) in [5, 5.41) is 18.5. The Morgan fingerprint density at radius 3 is 1.42 bits per heavy atom. The van der Waals surface area contributed by atoms with Crippen LogP contribution < -0.4 is 5.73 Å². The smallest absolute Gasteiger partial charge is 0.320 e. The van der Waals surface area contributed by atoms with Gasteiger partial charge in [0.15, 0.2) is 0 Å². The molecule has 0 aromatic heterocycles. The second-order valence-corrected chi connectivity index (χ2v) is 6.94. The monoisotopic (exact) mass is 295 g/mol. The lowest BCUT2D eigenvalue weighted by Crippen LogP contribution is -2.53. The number of rotatable bonds is 4. The van der Waals surface area contributed by atoms with E-state index in [-0.39, 0.29) is 12.4 Å². The first-order valence-electron chi connectivity index (χ1n) is 6.01. The number of carboxylic acids is 2. The number of carboxylic acid groups (broad SMARTS) is 2. The Kier molecular flexibility index (Phi) is 7.09. The zero-order valence-corrected chi connectivity index (χ0v) is 13.2. The van der Waals surface area contributed by atoms with E-state index in [1.165, 1.54) is 0 Å². The summed E-state index contributed by atoms with van der Waals surface area (Å²) in [5.74, 6) is -3.62. The minimum absolute atomic E-state index is 0. The highest BCUT2D eigenvalue weighted by molar-refractivity contribution is 5.85. The molecule has 0 radical (unpaired) electrons. The second-order valence-electron chi connectivity index (χ2n) is 6.94. The predicted molar refractivity (Wildman–Crippen MR) is 76.4 cm³/mol. The molecule has 3 unspecified atom stereocenters. The number of halogens is 1. The van der Waals surface area contributed by atoms with Crippen LogP contribution in [-0.2, 0) is 9.59 Å². The van der Waals surface area contributed by atoms with Crippen LogP contribution in [0.15, 0.2) is 0 Å². The SMILES string of the molecule is CC(C)(C)C(C(=O)O)C(C(N)C(=O)O)C(C)(C)C.Cl. The molecule has 0 bridgehead atoms. The molecule has 0 fully saturated rings. The molecule has 4 N–H and O–H groups in total. The highest BCUT2D eigenvalue weighted by atomic mass is 35.5. The minimum Gasteiger partial charge on any atom is -0.481 e. The van der Waals surface area contributed by atoms with Gasteiger partial charge < -0.3 is 15.9 Å². The van der Waals surface area contributed by atoms with Crippen molar-refractivity contribution in [2.75, 3.05) is 0 Å². The van der Waals surface area contributed by atoms with Gasteiger partial charge in [-0.05, 0) is 10.8 Å². The summed E-state index contributed by atoms with van der Waals surface area (Å²) in [7, 11) is 0. The molecule has 0 rings (SSSR count). The Hall–Kier alpha value is -0.810. The first-order valence-corrected chi connectivity index (χ1v) is 6.01. The van der Waals surface area contributed by atoms with E-state index >= 15 is 0 Å². The van der Waals surface area contributed by atoms with Crippen molar-refractivity contribution in [2.45, 2.75) is 47.6 Å².